The topological polar surface area (TPSA) is 54.5 Å². The van der Waals surface area contributed by atoms with Gasteiger partial charge in [0, 0.05) is 18.2 Å². The predicted octanol–water partition coefficient (Wildman–Crippen LogP) is 1.48. The fourth-order valence-electron chi connectivity index (χ4n) is 3.29. The van der Waals surface area contributed by atoms with E-state index in [9.17, 15) is 13.2 Å². The van der Waals surface area contributed by atoms with Crippen molar-refractivity contribution in [2.45, 2.75) is 32.2 Å². The molecule has 1 aliphatic carbocycles. The van der Waals surface area contributed by atoms with E-state index in [2.05, 4.69) is 6.07 Å². The highest BCUT2D eigenvalue weighted by molar-refractivity contribution is 7.91. The first kappa shape index (κ1) is 14.7. The summed E-state index contributed by atoms with van der Waals surface area (Å²) in [6.07, 6.45) is 3.35. The van der Waals surface area contributed by atoms with Crippen molar-refractivity contribution in [2.24, 2.45) is 0 Å². The minimum Gasteiger partial charge on any atom is -0.293 e. The van der Waals surface area contributed by atoms with Crippen LogP contribution in [0.3, 0.4) is 0 Å². The van der Waals surface area contributed by atoms with Crippen molar-refractivity contribution in [1.82, 2.24) is 4.90 Å². The first-order valence-electron chi connectivity index (χ1n) is 7.54. The van der Waals surface area contributed by atoms with Crippen molar-refractivity contribution >= 4 is 15.6 Å². The van der Waals surface area contributed by atoms with Gasteiger partial charge in [0.05, 0.1) is 18.1 Å². The second kappa shape index (κ2) is 5.54. The van der Waals surface area contributed by atoms with Crippen LogP contribution >= 0.6 is 0 Å². The van der Waals surface area contributed by atoms with Crippen LogP contribution in [0.5, 0.6) is 0 Å². The van der Waals surface area contributed by atoms with Gasteiger partial charge in [0.1, 0.15) is 0 Å². The summed E-state index contributed by atoms with van der Waals surface area (Å²) in [5.41, 5.74) is 3.43. The van der Waals surface area contributed by atoms with E-state index >= 15 is 0 Å². The summed E-state index contributed by atoms with van der Waals surface area (Å²) in [6, 6.07) is 5.93. The molecule has 1 fully saturated rings. The SMILES string of the molecule is CC1CS(=O)(=O)CCN1CC(=O)c1ccc2c(c1)CCC2. The third kappa shape index (κ3) is 3.19. The molecule has 21 heavy (non-hydrogen) atoms. The van der Waals surface area contributed by atoms with Crippen molar-refractivity contribution in [1.29, 1.82) is 0 Å². The highest BCUT2D eigenvalue weighted by atomic mass is 32.2. The zero-order valence-electron chi connectivity index (χ0n) is 12.3. The van der Waals surface area contributed by atoms with Crippen LogP contribution in [0, 0.1) is 0 Å². The number of fused-ring (bicyclic) bond motifs is 1. The second-order valence-corrected chi connectivity index (χ2v) is 8.42. The van der Waals surface area contributed by atoms with E-state index in [0.717, 1.165) is 18.4 Å². The molecule has 114 valence electrons. The Morgan fingerprint density at radius 2 is 2.05 bits per heavy atom. The van der Waals surface area contributed by atoms with Crippen molar-refractivity contribution < 1.29 is 13.2 Å². The summed E-state index contributed by atoms with van der Waals surface area (Å²) in [6.45, 7) is 2.66. The van der Waals surface area contributed by atoms with Gasteiger partial charge in [0.15, 0.2) is 15.6 Å². The molecular weight excluding hydrogens is 286 g/mol. The molecule has 0 aromatic heterocycles. The Hall–Kier alpha value is -1.20. The van der Waals surface area contributed by atoms with Gasteiger partial charge in [-0.3, -0.25) is 9.69 Å². The molecule has 0 N–H and O–H groups in total. The zero-order valence-corrected chi connectivity index (χ0v) is 13.2. The van der Waals surface area contributed by atoms with Gasteiger partial charge in [-0.15, -0.1) is 0 Å². The van der Waals surface area contributed by atoms with Crippen LogP contribution in [0.15, 0.2) is 18.2 Å². The van der Waals surface area contributed by atoms with Crippen LogP contribution in [0.4, 0.5) is 0 Å². The van der Waals surface area contributed by atoms with Crippen molar-refractivity contribution in [3.63, 3.8) is 0 Å². The number of Topliss-reactive ketones (excluding diaryl/α,β-unsaturated/α-hetero) is 1. The van der Waals surface area contributed by atoms with Gasteiger partial charge in [0.25, 0.3) is 0 Å². The van der Waals surface area contributed by atoms with Crippen LogP contribution < -0.4 is 0 Å². The number of rotatable bonds is 3. The van der Waals surface area contributed by atoms with Gasteiger partial charge < -0.3 is 0 Å². The summed E-state index contributed by atoms with van der Waals surface area (Å²) in [5, 5.41) is 0. The lowest BCUT2D eigenvalue weighted by atomic mass is 10.0. The minimum absolute atomic E-state index is 0.0814. The summed E-state index contributed by atoms with van der Waals surface area (Å²) in [4.78, 5) is 14.4. The highest BCUT2D eigenvalue weighted by Gasteiger charge is 2.29. The smallest absolute Gasteiger partial charge is 0.176 e. The Balaban J connectivity index is 1.69. The first-order chi connectivity index (χ1) is 9.94. The maximum absolute atomic E-state index is 12.4. The van der Waals surface area contributed by atoms with Crippen molar-refractivity contribution in [2.75, 3.05) is 24.6 Å². The van der Waals surface area contributed by atoms with Crippen LogP contribution in [0.2, 0.25) is 0 Å². The molecule has 5 heteroatoms. The molecule has 0 spiro atoms. The predicted molar refractivity (Wildman–Crippen MR) is 82.5 cm³/mol. The molecule has 0 bridgehead atoms. The van der Waals surface area contributed by atoms with Gasteiger partial charge in [0.2, 0.25) is 0 Å². The molecule has 0 amide bonds. The third-order valence-electron chi connectivity index (χ3n) is 4.58. The molecule has 1 aliphatic heterocycles. The van der Waals surface area contributed by atoms with Gasteiger partial charge in [-0.05, 0) is 43.4 Å². The Labute approximate surface area is 126 Å². The second-order valence-electron chi connectivity index (χ2n) is 6.19. The quantitative estimate of drug-likeness (QED) is 0.794. The Morgan fingerprint density at radius 1 is 1.29 bits per heavy atom. The fraction of sp³-hybridized carbons (Fsp3) is 0.562. The molecule has 1 heterocycles. The number of sulfone groups is 1. The largest absolute Gasteiger partial charge is 0.293 e. The Bertz CT molecular complexity index is 666. The molecule has 0 saturated carbocycles. The molecule has 2 aliphatic rings. The number of nitrogens with zero attached hydrogens (tertiary/aromatic N) is 1. The maximum Gasteiger partial charge on any atom is 0.176 e. The van der Waals surface area contributed by atoms with E-state index in [1.54, 1.807) is 0 Å². The number of hydrogen-bond acceptors (Lipinski definition) is 4. The van der Waals surface area contributed by atoms with Crippen LogP contribution in [0.1, 0.15) is 34.8 Å². The normalized spacial score (nSPS) is 24.7. The Kier molecular flexibility index (Phi) is 3.88. The van der Waals surface area contributed by atoms with Crippen LogP contribution in [0.25, 0.3) is 0 Å². The number of benzene rings is 1. The molecule has 1 aromatic rings. The highest BCUT2D eigenvalue weighted by Crippen LogP contribution is 2.23. The molecule has 1 aromatic carbocycles. The Morgan fingerprint density at radius 3 is 2.81 bits per heavy atom. The van der Waals surface area contributed by atoms with Gasteiger partial charge in [-0.2, -0.15) is 0 Å². The molecule has 1 saturated heterocycles. The average Bonchev–Trinajstić information content (AvgIpc) is 2.88. The number of hydrogen-bond donors (Lipinski definition) is 0. The van der Waals surface area contributed by atoms with Crippen molar-refractivity contribution in [3.05, 3.63) is 34.9 Å². The van der Waals surface area contributed by atoms with E-state index in [1.807, 2.05) is 24.0 Å². The van der Waals surface area contributed by atoms with E-state index in [1.165, 1.54) is 17.5 Å². The van der Waals surface area contributed by atoms with Gasteiger partial charge in [-0.25, -0.2) is 8.42 Å². The molecular formula is C16H21NO3S. The van der Waals surface area contributed by atoms with Gasteiger partial charge in [-0.1, -0.05) is 12.1 Å². The minimum atomic E-state index is -2.93. The summed E-state index contributed by atoms with van der Waals surface area (Å²) in [7, 11) is -2.93. The summed E-state index contributed by atoms with van der Waals surface area (Å²) >= 11 is 0. The molecule has 3 rings (SSSR count). The summed E-state index contributed by atoms with van der Waals surface area (Å²) in [5.74, 6) is 0.412. The molecule has 0 radical (unpaired) electrons. The third-order valence-corrected chi connectivity index (χ3v) is 6.37. The van der Waals surface area contributed by atoms with E-state index in [0.29, 0.717) is 13.1 Å². The lowest BCUT2D eigenvalue weighted by Gasteiger charge is -2.32. The monoisotopic (exact) mass is 307 g/mol. The number of aryl methyl sites for hydroxylation is 2. The van der Waals surface area contributed by atoms with Crippen LogP contribution in [-0.2, 0) is 22.7 Å². The zero-order chi connectivity index (χ0) is 15.0. The fourth-order valence-corrected chi connectivity index (χ4v) is 4.91. The van der Waals surface area contributed by atoms with Crippen molar-refractivity contribution in [3.8, 4) is 0 Å². The first-order valence-corrected chi connectivity index (χ1v) is 9.36. The number of ketones is 1. The van der Waals surface area contributed by atoms with E-state index < -0.39 is 9.84 Å². The molecule has 1 unspecified atom stereocenters. The average molecular weight is 307 g/mol. The number of carbonyl (C=O) groups is 1. The van der Waals surface area contributed by atoms with E-state index in [4.69, 9.17) is 0 Å². The molecule has 4 nitrogen and oxygen atoms in total. The standard InChI is InChI=1S/C16H21NO3S/c1-12-11-21(19,20)8-7-17(12)10-16(18)15-6-5-13-3-2-4-14(13)9-15/h5-6,9,12H,2-4,7-8,10-11H2,1H3. The maximum atomic E-state index is 12.4. The van der Waals surface area contributed by atoms with Gasteiger partial charge >= 0.3 is 0 Å². The molecule has 1 atom stereocenters. The van der Waals surface area contributed by atoms with Crippen LogP contribution in [-0.4, -0.2) is 49.7 Å². The number of carbonyl (C=O) groups excluding carboxylic acids is 1. The van der Waals surface area contributed by atoms with E-state index in [-0.39, 0.29) is 23.3 Å². The lowest BCUT2D eigenvalue weighted by Crippen LogP contribution is -2.48. The summed E-state index contributed by atoms with van der Waals surface area (Å²) < 4.78 is 23.2. The lowest BCUT2D eigenvalue weighted by molar-refractivity contribution is 0.0908.